The number of carbonyl (C=O) groups excluding carboxylic acids is 2. The molecular weight excluding hydrogens is 430 g/mol. The Morgan fingerprint density at radius 1 is 0.967 bits per heavy atom. The highest BCUT2D eigenvalue weighted by atomic mass is 32.2. The molecule has 0 radical (unpaired) electrons. The van der Waals surface area contributed by atoms with Gasteiger partial charge in [0.1, 0.15) is 0 Å². The van der Waals surface area contributed by atoms with Crippen molar-refractivity contribution in [3.63, 3.8) is 0 Å². The zero-order valence-corrected chi connectivity index (χ0v) is 17.4. The molecule has 0 spiro atoms. The molecule has 30 heavy (non-hydrogen) atoms. The molecule has 0 heterocycles. The van der Waals surface area contributed by atoms with Gasteiger partial charge in [0.2, 0.25) is 21.8 Å². The number of aliphatic carboxylic acids is 1. The molecule has 2 aromatic carbocycles. The number of carboxylic acids is 1. The first-order chi connectivity index (χ1) is 14.0. The Labute approximate surface area is 177 Å². The fourth-order valence-corrected chi connectivity index (χ4v) is 3.56. The first-order valence-electron chi connectivity index (χ1n) is 8.47. The summed E-state index contributed by atoms with van der Waals surface area (Å²) in [6, 6.07) is 12.2. The summed E-state index contributed by atoms with van der Waals surface area (Å²) in [4.78, 5) is 35.0. The Balaban J connectivity index is 1.92. The first-order valence-corrected chi connectivity index (χ1v) is 10.9. The van der Waals surface area contributed by atoms with Crippen molar-refractivity contribution >= 4 is 50.9 Å². The molecule has 0 saturated heterocycles. The van der Waals surface area contributed by atoms with Crippen LogP contribution in [0.15, 0.2) is 70.5 Å². The Bertz CT molecular complexity index is 1060. The van der Waals surface area contributed by atoms with Gasteiger partial charge in [-0.3, -0.25) is 9.59 Å². The van der Waals surface area contributed by atoms with Crippen LogP contribution in [0.25, 0.3) is 0 Å². The molecule has 0 fully saturated rings. The van der Waals surface area contributed by atoms with Crippen molar-refractivity contribution in [3.05, 3.63) is 60.7 Å². The maximum atomic E-state index is 12.4. The molecule has 9 nitrogen and oxygen atoms in total. The van der Waals surface area contributed by atoms with Crippen LogP contribution in [0.4, 0.5) is 11.4 Å². The Morgan fingerprint density at radius 2 is 1.50 bits per heavy atom. The number of amides is 2. The zero-order valence-electron chi connectivity index (χ0n) is 15.7. The largest absolute Gasteiger partial charge is 0.478 e. The summed E-state index contributed by atoms with van der Waals surface area (Å²) in [7, 11) is -3.80. The second-order valence-corrected chi connectivity index (χ2v) is 8.98. The lowest BCUT2D eigenvalue weighted by Crippen LogP contribution is -2.22. The molecule has 0 bridgehead atoms. The molecule has 11 heteroatoms. The number of benzene rings is 2. The average Bonchev–Trinajstić information content (AvgIpc) is 2.67. The van der Waals surface area contributed by atoms with Crippen LogP contribution in [-0.4, -0.2) is 36.6 Å². The van der Waals surface area contributed by atoms with Crippen LogP contribution in [0.3, 0.4) is 0 Å². The van der Waals surface area contributed by atoms with Crippen LogP contribution in [0.5, 0.6) is 0 Å². The van der Waals surface area contributed by atoms with Crippen molar-refractivity contribution in [2.45, 2.75) is 22.0 Å². The number of carboxylic acid groups (broad SMARTS) is 1. The predicted molar refractivity (Wildman–Crippen MR) is 114 cm³/mol. The molecule has 2 rings (SSSR count). The molecule has 2 amide bonds. The monoisotopic (exact) mass is 449 g/mol. The quantitative estimate of drug-likeness (QED) is 0.355. The third kappa shape index (κ3) is 7.35. The van der Waals surface area contributed by atoms with E-state index in [0.29, 0.717) is 11.4 Å². The molecule has 1 atom stereocenters. The number of nitrogens with one attached hydrogen (secondary N) is 2. The number of rotatable bonds is 8. The lowest BCUT2D eigenvalue weighted by Gasteiger charge is -2.13. The minimum absolute atomic E-state index is 0.0476. The molecule has 158 valence electrons. The van der Waals surface area contributed by atoms with Crippen LogP contribution in [0, 0.1) is 0 Å². The molecule has 0 saturated carbocycles. The van der Waals surface area contributed by atoms with E-state index >= 15 is 0 Å². The van der Waals surface area contributed by atoms with E-state index in [9.17, 15) is 22.8 Å². The summed E-state index contributed by atoms with van der Waals surface area (Å²) in [5.74, 6) is -2.07. The number of hydrogen-bond donors (Lipinski definition) is 4. The van der Waals surface area contributed by atoms with Crippen molar-refractivity contribution in [2.24, 2.45) is 5.14 Å². The van der Waals surface area contributed by atoms with Crippen molar-refractivity contribution in [1.29, 1.82) is 0 Å². The van der Waals surface area contributed by atoms with E-state index in [-0.39, 0.29) is 10.8 Å². The maximum Gasteiger partial charge on any atom is 0.328 e. The standard InChI is InChI=1S/C19H19N3O6S2/c1-12(19(26)22-14-4-8-16(9-5-14)30(20,27)28)29-15-6-2-13(3-7-15)21-17(23)10-11-18(24)25/h2-12H,1H3,(H,21,23)(H,22,26)(H,24,25)(H2,20,27,28)/b11-10+. The molecule has 5 N–H and O–H groups in total. The Kier molecular flexibility index (Phi) is 7.75. The van der Waals surface area contributed by atoms with Crippen LogP contribution in [0.2, 0.25) is 0 Å². The lowest BCUT2D eigenvalue weighted by molar-refractivity contribution is -0.131. The number of thioether (sulfide) groups is 1. The number of anilines is 2. The summed E-state index contributed by atoms with van der Waals surface area (Å²) >= 11 is 1.29. The molecular formula is C19H19N3O6S2. The summed E-state index contributed by atoms with van der Waals surface area (Å²) in [5, 5.41) is 18.3. The van der Waals surface area contributed by atoms with Crippen LogP contribution in [-0.2, 0) is 24.4 Å². The molecule has 2 aromatic rings. The van der Waals surface area contributed by atoms with Crippen LogP contribution >= 0.6 is 11.8 Å². The van der Waals surface area contributed by atoms with Gasteiger partial charge in [-0.25, -0.2) is 18.4 Å². The van der Waals surface area contributed by atoms with E-state index in [2.05, 4.69) is 10.6 Å². The molecule has 0 aliphatic carbocycles. The number of primary sulfonamides is 1. The van der Waals surface area contributed by atoms with Gasteiger partial charge in [-0.1, -0.05) is 0 Å². The van der Waals surface area contributed by atoms with Crippen molar-refractivity contribution in [2.75, 3.05) is 10.6 Å². The minimum Gasteiger partial charge on any atom is -0.478 e. The Hall–Kier alpha value is -3.15. The van der Waals surface area contributed by atoms with Gasteiger partial charge in [0.15, 0.2) is 0 Å². The van der Waals surface area contributed by atoms with E-state index in [0.717, 1.165) is 17.0 Å². The van der Waals surface area contributed by atoms with Gasteiger partial charge in [0, 0.05) is 28.4 Å². The van der Waals surface area contributed by atoms with Gasteiger partial charge in [0.05, 0.1) is 10.1 Å². The van der Waals surface area contributed by atoms with Gasteiger partial charge < -0.3 is 15.7 Å². The highest BCUT2D eigenvalue weighted by Gasteiger charge is 2.15. The van der Waals surface area contributed by atoms with Crippen molar-refractivity contribution in [1.82, 2.24) is 0 Å². The second-order valence-electron chi connectivity index (χ2n) is 6.00. The minimum atomic E-state index is -3.80. The number of sulfonamides is 1. The van der Waals surface area contributed by atoms with Gasteiger partial charge >= 0.3 is 5.97 Å². The Morgan fingerprint density at radius 3 is 2.03 bits per heavy atom. The fourth-order valence-electron chi connectivity index (χ4n) is 2.18. The van der Waals surface area contributed by atoms with Gasteiger partial charge in [-0.2, -0.15) is 0 Å². The molecule has 0 aromatic heterocycles. The highest BCUT2D eigenvalue weighted by molar-refractivity contribution is 8.00. The number of hydrogen-bond acceptors (Lipinski definition) is 6. The first kappa shape index (κ1) is 23.1. The smallest absolute Gasteiger partial charge is 0.328 e. The third-order valence-electron chi connectivity index (χ3n) is 3.63. The second kappa shape index (κ2) is 10.1. The topological polar surface area (TPSA) is 156 Å². The van der Waals surface area contributed by atoms with Gasteiger partial charge in [-0.05, 0) is 55.5 Å². The van der Waals surface area contributed by atoms with E-state index in [1.807, 2.05) is 0 Å². The number of carbonyl (C=O) groups is 3. The molecule has 0 aliphatic heterocycles. The van der Waals surface area contributed by atoms with Crippen LogP contribution < -0.4 is 15.8 Å². The van der Waals surface area contributed by atoms with E-state index in [1.54, 1.807) is 31.2 Å². The van der Waals surface area contributed by atoms with E-state index in [4.69, 9.17) is 10.2 Å². The highest BCUT2D eigenvalue weighted by Crippen LogP contribution is 2.26. The summed E-state index contributed by atoms with van der Waals surface area (Å²) < 4.78 is 22.5. The van der Waals surface area contributed by atoms with E-state index in [1.165, 1.54) is 36.0 Å². The summed E-state index contributed by atoms with van der Waals surface area (Å²) in [6.45, 7) is 1.71. The van der Waals surface area contributed by atoms with Crippen LogP contribution in [0.1, 0.15) is 6.92 Å². The fraction of sp³-hybridized carbons (Fsp3) is 0.105. The summed E-state index contributed by atoms with van der Waals surface area (Å²) in [6.07, 6.45) is 1.65. The van der Waals surface area contributed by atoms with Crippen molar-refractivity contribution in [3.8, 4) is 0 Å². The van der Waals surface area contributed by atoms with Crippen molar-refractivity contribution < 1.29 is 27.9 Å². The summed E-state index contributed by atoms with van der Waals surface area (Å²) in [5.41, 5.74) is 0.916. The maximum absolute atomic E-state index is 12.4. The van der Waals surface area contributed by atoms with Gasteiger partial charge in [-0.15, -0.1) is 11.8 Å². The normalized spacial score (nSPS) is 12.3. The van der Waals surface area contributed by atoms with Gasteiger partial charge in [0.25, 0.3) is 0 Å². The predicted octanol–water partition coefficient (Wildman–Crippen LogP) is 2.03. The molecule has 1 unspecified atom stereocenters. The zero-order chi connectivity index (χ0) is 22.3. The third-order valence-corrected chi connectivity index (χ3v) is 5.67. The lowest BCUT2D eigenvalue weighted by atomic mass is 10.3. The SMILES string of the molecule is CC(Sc1ccc(NC(=O)/C=C/C(=O)O)cc1)C(=O)Nc1ccc(S(N)(=O)=O)cc1. The number of nitrogens with two attached hydrogens (primary N) is 1. The molecule has 0 aliphatic rings. The average molecular weight is 450 g/mol. The van der Waals surface area contributed by atoms with E-state index < -0.39 is 27.1 Å².